The number of rotatable bonds is 8. The summed E-state index contributed by atoms with van der Waals surface area (Å²) in [5, 5.41) is 8.86. The van der Waals surface area contributed by atoms with Crippen molar-refractivity contribution in [1.29, 1.82) is 0 Å². The van der Waals surface area contributed by atoms with E-state index in [-0.39, 0.29) is 18.0 Å². The number of carbonyl (C=O) groups is 3. The number of anilines is 3. The minimum atomic E-state index is -0.465. The van der Waals surface area contributed by atoms with Gasteiger partial charge in [0.25, 0.3) is 5.91 Å². The van der Waals surface area contributed by atoms with E-state index in [1.807, 2.05) is 6.92 Å². The van der Waals surface area contributed by atoms with Crippen LogP contribution in [0.4, 0.5) is 17.1 Å². The molecule has 0 aromatic heterocycles. The number of hydrogen-bond acceptors (Lipinski definition) is 4. The molecular formula is C22H22Cl2N4O3. The zero-order valence-electron chi connectivity index (χ0n) is 17.3. The van der Waals surface area contributed by atoms with Gasteiger partial charge in [-0.1, -0.05) is 29.3 Å². The number of benzene rings is 2. The van der Waals surface area contributed by atoms with Crippen LogP contribution in [0.3, 0.4) is 0 Å². The molecule has 0 heterocycles. The lowest BCUT2D eigenvalue weighted by molar-refractivity contribution is -0.115. The Morgan fingerprint density at radius 3 is 2.35 bits per heavy atom. The van der Waals surface area contributed by atoms with E-state index in [0.717, 1.165) is 5.56 Å². The van der Waals surface area contributed by atoms with Gasteiger partial charge in [0.15, 0.2) is 0 Å². The van der Waals surface area contributed by atoms with E-state index >= 15 is 0 Å². The molecule has 2 rings (SSSR count). The van der Waals surface area contributed by atoms with Gasteiger partial charge < -0.3 is 16.0 Å². The monoisotopic (exact) mass is 460 g/mol. The summed E-state index contributed by atoms with van der Waals surface area (Å²) in [4.78, 5) is 39.9. The van der Waals surface area contributed by atoms with E-state index in [9.17, 15) is 14.4 Å². The Hall–Kier alpha value is -3.16. The van der Waals surface area contributed by atoms with Crippen molar-refractivity contribution in [2.75, 3.05) is 16.0 Å². The summed E-state index contributed by atoms with van der Waals surface area (Å²) in [6, 6.07) is 8.32. The van der Waals surface area contributed by atoms with Gasteiger partial charge >= 0.3 is 0 Å². The number of aryl methyl sites for hydroxylation is 1. The van der Waals surface area contributed by atoms with Gasteiger partial charge in [0.1, 0.15) is 5.70 Å². The summed E-state index contributed by atoms with van der Waals surface area (Å²) >= 11 is 12.0. The average molecular weight is 461 g/mol. The van der Waals surface area contributed by atoms with Gasteiger partial charge in [0, 0.05) is 39.7 Å². The molecular weight excluding hydrogens is 439 g/mol. The number of hydrogen-bond donors (Lipinski definition) is 3. The molecule has 0 atom stereocenters. The van der Waals surface area contributed by atoms with Gasteiger partial charge in [0.2, 0.25) is 12.3 Å². The highest BCUT2D eigenvalue weighted by Gasteiger charge is 2.13. The SMILES string of the molecule is CC=N/C(=C\CC(=O)Nc1cc(Cl)cc(NC=O)c1C)C(=O)Nc1cc(Cl)ccc1C. The van der Waals surface area contributed by atoms with Gasteiger partial charge in [0.05, 0.1) is 0 Å². The summed E-state index contributed by atoms with van der Waals surface area (Å²) in [6.45, 7) is 5.25. The minimum Gasteiger partial charge on any atom is -0.328 e. The first-order chi connectivity index (χ1) is 14.7. The third-order valence-electron chi connectivity index (χ3n) is 4.29. The lowest BCUT2D eigenvalue weighted by Gasteiger charge is -2.12. The molecule has 2 aromatic rings. The first-order valence-corrected chi connectivity index (χ1v) is 10.1. The summed E-state index contributed by atoms with van der Waals surface area (Å²) in [6.07, 6.45) is 3.32. The maximum Gasteiger partial charge on any atom is 0.273 e. The van der Waals surface area contributed by atoms with Gasteiger partial charge in [-0.2, -0.15) is 0 Å². The number of halogens is 2. The van der Waals surface area contributed by atoms with Gasteiger partial charge in [-0.15, -0.1) is 0 Å². The zero-order chi connectivity index (χ0) is 23.0. The van der Waals surface area contributed by atoms with Crippen molar-refractivity contribution in [1.82, 2.24) is 0 Å². The average Bonchev–Trinajstić information content (AvgIpc) is 2.71. The Morgan fingerprint density at radius 2 is 1.68 bits per heavy atom. The fraction of sp³-hybridized carbons (Fsp3) is 0.182. The standard InChI is InChI=1S/C22H22Cl2N4O3/c1-4-25-17(22(31)28-18-9-15(23)6-5-13(18)2)7-8-21(30)27-20-11-16(24)10-19(14(20)3)26-12-29/h4-7,9-12H,8H2,1-3H3,(H,26,29)(H,27,30)(H,28,31)/b17-7-,25-4?. The van der Waals surface area contributed by atoms with E-state index in [1.54, 1.807) is 44.2 Å². The summed E-state index contributed by atoms with van der Waals surface area (Å²) in [7, 11) is 0. The predicted octanol–water partition coefficient (Wildman–Crippen LogP) is 5.12. The lowest BCUT2D eigenvalue weighted by atomic mass is 10.1. The number of aliphatic imine (C=N–C) groups is 1. The van der Waals surface area contributed by atoms with Crippen LogP contribution in [0.25, 0.3) is 0 Å². The van der Waals surface area contributed by atoms with Crippen LogP contribution in [-0.2, 0) is 14.4 Å². The molecule has 9 heteroatoms. The van der Waals surface area contributed by atoms with Crippen LogP contribution >= 0.6 is 23.2 Å². The Labute approximate surface area is 190 Å². The van der Waals surface area contributed by atoms with Crippen molar-refractivity contribution in [3.8, 4) is 0 Å². The summed E-state index contributed by atoms with van der Waals surface area (Å²) in [5.74, 6) is -0.842. The molecule has 7 nitrogen and oxygen atoms in total. The second-order valence-electron chi connectivity index (χ2n) is 6.53. The van der Waals surface area contributed by atoms with Crippen LogP contribution in [0, 0.1) is 13.8 Å². The lowest BCUT2D eigenvalue weighted by Crippen LogP contribution is -2.16. The Balaban J connectivity index is 2.15. The van der Waals surface area contributed by atoms with Crippen LogP contribution in [0.15, 0.2) is 47.1 Å². The largest absolute Gasteiger partial charge is 0.328 e. The quantitative estimate of drug-likeness (QED) is 0.289. The van der Waals surface area contributed by atoms with Crippen molar-refractivity contribution in [2.45, 2.75) is 27.2 Å². The normalized spacial score (nSPS) is 11.3. The summed E-state index contributed by atoms with van der Waals surface area (Å²) < 4.78 is 0. The van der Waals surface area contributed by atoms with E-state index in [2.05, 4.69) is 20.9 Å². The van der Waals surface area contributed by atoms with Gasteiger partial charge in [-0.25, -0.2) is 0 Å². The molecule has 162 valence electrons. The Bertz CT molecular complexity index is 1060. The predicted molar refractivity (Wildman–Crippen MR) is 126 cm³/mol. The van der Waals surface area contributed by atoms with Crippen LogP contribution in [0.5, 0.6) is 0 Å². The van der Waals surface area contributed by atoms with Crippen molar-refractivity contribution in [3.63, 3.8) is 0 Å². The molecule has 31 heavy (non-hydrogen) atoms. The molecule has 0 saturated carbocycles. The maximum atomic E-state index is 12.6. The third-order valence-corrected chi connectivity index (χ3v) is 4.74. The second kappa shape index (κ2) is 11.3. The van der Waals surface area contributed by atoms with Crippen molar-refractivity contribution in [3.05, 3.63) is 63.3 Å². The zero-order valence-corrected chi connectivity index (χ0v) is 18.8. The van der Waals surface area contributed by atoms with Crippen molar-refractivity contribution in [2.24, 2.45) is 4.99 Å². The highest BCUT2D eigenvalue weighted by atomic mass is 35.5. The fourth-order valence-corrected chi connectivity index (χ4v) is 3.06. The second-order valence-corrected chi connectivity index (χ2v) is 7.40. The molecule has 3 N–H and O–H groups in total. The number of nitrogens with one attached hydrogen (secondary N) is 3. The first-order valence-electron chi connectivity index (χ1n) is 9.31. The maximum absolute atomic E-state index is 12.6. The van der Waals surface area contributed by atoms with E-state index in [0.29, 0.717) is 39.1 Å². The number of amides is 3. The molecule has 0 fully saturated rings. The highest BCUT2D eigenvalue weighted by molar-refractivity contribution is 6.31. The first kappa shape index (κ1) is 24.1. The van der Waals surface area contributed by atoms with Crippen molar-refractivity contribution < 1.29 is 14.4 Å². The number of nitrogens with zero attached hydrogens (tertiary/aromatic N) is 1. The minimum absolute atomic E-state index is 0.0863. The fourth-order valence-electron chi connectivity index (χ4n) is 2.67. The highest BCUT2D eigenvalue weighted by Crippen LogP contribution is 2.28. The van der Waals surface area contributed by atoms with Crippen LogP contribution < -0.4 is 16.0 Å². The smallest absolute Gasteiger partial charge is 0.273 e. The Kier molecular flexibility index (Phi) is 8.78. The molecule has 0 bridgehead atoms. The van der Waals surface area contributed by atoms with Crippen LogP contribution in [0.2, 0.25) is 10.0 Å². The summed E-state index contributed by atoms with van der Waals surface area (Å²) in [5.41, 5.74) is 3.07. The van der Waals surface area contributed by atoms with Gasteiger partial charge in [-0.3, -0.25) is 19.4 Å². The molecule has 0 unspecified atom stereocenters. The van der Waals surface area contributed by atoms with Crippen molar-refractivity contribution >= 4 is 64.7 Å². The molecule has 2 aromatic carbocycles. The number of carbonyl (C=O) groups excluding carboxylic acids is 3. The van der Waals surface area contributed by atoms with Gasteiger partial charge in [-0.05, 0) is 62.2 Å². The topological polar surface area (TPSA) is 99.7 Å². The Morgan fingerprint density at radius 1 is 1.00 bits per heavy atom. The van der Waals surface area contributed by atoms with E-state index in [4.69, 9.17) is 23.2 Å². The molecule has 0 aliphatic rings. The molecule has 0 saturated heterocycles. The third kappa shape index (κ3) is 6.94. The molecule has 3 amide bonds. The molecule has 0 radical (unpaired) electrons. The molecule has 0 aliphatic carbocycles. The van der Waals surface area contributed by atoms with Crippen LogP contribution in [-0.4, -0.2) is 24.4 Å². The molecule has 0 aliphatic heterocycles. The van der Waals surface area contributed by atoms with E-state index < -0.39 is 5.91 Å². The van der Waals surface area contributed by atoms with E-state index in [1.165, 1.54) is 12.3 Å². The molecule has 0 spiro atoms. The van der Waals surface area contributed by atoms with Crippen LogP contribution in [0.1, 0.15) is 24.5 Å².